The monoisotopic (exact) mass is 456 g/mol. The Bertz CT molecular complexity index is 1280. The van der Waals surface area contributed by atoms with E-state index in [1.54, 1.807) is 43.3 Å². The largest absolute Gasteiger partial charge is 0.497 e. The number of nitriles is 1. The summed E-state index contributed by atoms with van der Waals surface area (Å²) in [5.74, 6) is 0.233. The normalized spacial score (nSPS) is 11.0. The van der Waals surface area contributed by atoms with Crippen molar-refractivity contribution in [1.82, 2.24) is 9.47 Å². The van der Waals surface area contributed by atoms with Gasteiger partial charge >= 0.3 is 0 Å². The second-order valence-electron chi connectivity index (χ2n) is 8.06. The molecule has 0 aliphatic rings. The van der Waals surface area contributed by atoms with E-state index in [0.29, 0.717) is 12.2 Å². The molecule has 7 nitrogen and oxygen atoms in total. The summed E-state index contributed by atoms with van der Waals surface area (Å²) in [6.45, 7) is 5.85. The van der Waals surface area contributed by atoms with E-state index in [4.69, 9.17) is 4.74 Å². The number of rotatable bonds is 7. The molecule has 0 atom stereocenters. The molecule has 0 saturated heterocycles. The number of anilines is 1. The first-order valence-electron chi connectivity index (χ1n) is 10.8. The third-order valence-corrected chi connectivity index (χ3v) is 5.61. The average Bonchev–Trinajstić information content (AvgIpc) is 3.10. The SMILES string of the molecule is COc1ccc(-n2c(C)cc(/C=C(\C#N)C(=O)Nc3cccc(CN(C)C(C)=O)c3)c2C)cc1. The van der Waals surface area contributed by atoms with E-state index in [0.717, 1.165) is 34.0 Å². The Morgan fingerprint density at radius 3 is 2.47 bits per heavy atom. The minimum absolute atomic E-state index is 0.00115. The lowest BCUT2D eigenvalue weighted by Crippen LogP contribution is -2.23. The number of nitrogens with one attached hydrogen (secondary N) is 1. The van der Waals surface area contributed by atoms with Crippen molar-refractivity contribution in [2.75, 3.05) is 19.5 Å². The number of hydrogen-bond acceptors (Lipinski definition) is 4. The van der Waals surface area contributed by atoms with Crippen LogP contribution >= 0.6 is 0 Å². The van der Waals surface area contributed by atoms with Gasteiger partial charge in [0.1, 0.15) is 17.4 Å². The van der Waals surface area contributed by atoms with Gasteiger partial charge in [-0.15, -0.1) is 0 Å². The Morgan fingerprint density at radius 2 is 1.85 bits per heavy atom. The highest BCUT2D eigenvalue weighted by atomic mass is 16.5. The summed E-state index contributed by atoms with van der Waals surface area (Å²) in [6.07, 6.45) is 1.60. The second kappa shape index (κ2) is 10.5. The van der Waals surface area contributed by atoms with Gasteiger partial charge in [0.2, 0.25) is 5.91 Å². The minimum Gasteiger partial charge on any atom is -0.497 e. The van der Waals surface area contributed by atoms with Crippen molar-refractivity contribution in [2.24, 2.45) is 0 Å². The van der Waals surface area contributed by atoms with E-state index in [2.05, 4.69) is 9.88 Å². The van der Waals surface area contributed by atoms with Gasteiger partial charge in [-0.05, 0) is 73.5 Å². The van der Waals surface area contributed by atoms with Crippen LogP contribution in [-0.4, -0.2) is 35.4 Å². The Morgan fingerprint density at radius 1 is 1.15 bits per heavy atom. The number of hydrogen-bond donors (Lipinski definition) is 1. The second-order valence-corrected chi connectivity index (χ2v) is 8.06. The summed E-state index contributed by atoms with van der Waals surface area (Å²) in [4.78, 5) is 25.9. The number of carbonyl (C=O) groups excluding carboxylic acids is 2. The molecule has 2 amide bonds. The molecule has 0 spiro atoms. The predicted octanol–water partition coefficient (Wildman–Crippen LogP) is 4.63. The topological polar surface area (TPSA) is 87.4 Å². The summed E-state index contributed by atoms with van der Waals surface area (Å²) in [6, 6.07) is 18.9. The Hall–Kier alpha value is -4.31. The van der Waals surface area contributed by atoms with E-state index in [9.17, 15) is 14.9 Å². The quantitative estimate of drug-likeness (QED) is 0.415. The fourth-order valence-corrected chi connectivity index (χ4v) is 3.70. The van der Waals surface area contributed by atoms with Crippen LogP contribution in [0.4, 0.5) is 5.69 Å². The third-order valence-electron chi connectivity index (χ3n) is 5.61. The van der Waals surface area contributed by atoms with E-state index in [1.165, 1.54) is 6.92 Å². The van der Waals surface area contributed by atoms with E-state index in [1.807, 2.05) is 56.3 Å². The summed E-state index contributed by atoms with van der Waals surface area (Å²) in [5, 5.41) is 12.5. The van der Waals surface area contributed by atoms with Crippen LogP contribution in [0.1, 0.15) is 29.4 Å². The van der Waals surface area contributed by atoms with Crippen LogP contribution in [0.25, 0.3) is 11.8 Å². The Kier molecular flexibility index (Phi) is 7.54. The molecule has 0 unspecified atom stereocenters. The number of ether oxygens (including phenoxy) is 1. The lowest BCUT2D eigenvalue weighted by Gasteiger charge is -2.15. The summed E-state index contributed by atoms with van der Waals surface area (Å²) in [7, 11) is 3.34. The molecule has 1 aromatic heterocycles. The maximum Gasteiger partial charge on any atom is 0.266 e. The van der Waals surface area contributed by atoms with Gasteiger partial charge in [0.25, 0.3) is 5.91 Å². The number of aryl methyl sites for hydroxylation is 1. The number of nitrogens with zero attached hydrogens (tertiary/aromatic N) is 3. The zero-order chi connectivity index (χ0) is 24.8. The van der Waals surface area contributed by atoms with Crippen molar-refractivity contribution in [2.45, 2.75) is 27.3 Å². The zero-order valence-corrected chi connectivity index (χ0v) is 20.0. The van der Waals surface area contributed by atoms with Crippen molar-refractivity contribution in [3.63, 3.8) is 0 Å². The summed E-state index contributed by atoms with van der Waals surface area (Å²) < 4.78 is 7.30. The molecule has 0 fully saturated rings. The van der Waals surface area contributed by atoms with Gasteiger partial charge in [0, 0.05) is 43.3 Å². The van der Waals surface area contributed by atoms with Crippen molar-refractivity contribution < 1.29 is 14.3 Å². The van der Waals surface area contributed by atoms with Crippen molar-refractivity contribution in [3.8, 4) is 17.5 Å². The van der Waals surface area contributed by atoms with Gasteiger partial charge in [-0.2, -0.15) is 5.26 Å². The highest BCUT2D eigenvalue weighted by molar-refractivity contribution is 6.09. The lowest BCUT2D eigenvalue weighted by atomic mass is 10.1. The maximum atomic E-state index is 12.8. The van der Waals surface area contributed by atoms with Crippen LogP contribution in [0.2, 0.25) is 0 Å². The summed E-state index contributed by atoms with van der Waals surface area (Å²) >= 11 is 0. The van der Waals surface area contributed by atoms with Gasteiger partial charge in [-0.1, -0.05) is 12.1 Å². The molecule has 1 N–H and O–H groups in total. The smallest absolute Gasteiger partial charge is 0.266 e. The predicted molar refractivity (Wildman–Crippen MR) is 133 cm³/mol. The molecule has 174 valence electrons. The number of benzene rings is 2. The molecule has 0 aliphatic heterocycles. The van der Waals surface area contributed by atoms with Crippen LogP contribution in [0, 0.1) is 25.2 Å². The average molecular weight is 457 g/mol. The highest BCUT2D eigenvalue weighted by Crippen LogP contribution is 2.24. The van der Waals surface area contributed by atoms with Crippen LogP contribution in [0.3, 0.4) is 0 Å². The molecule has 34 heavy (non-hydrogen) atoms. The Labute approximate surface area is 199 Å². The number of aromatic nitrogens is 1. The first-order chi connectivity index (χ1) is 16.2. The van der Waals surface area contributed by atoms with Gasteiger partial charge in [0.15, 0.2) is 0 Å². The van der Waals surface area contributed by atoms with E-state index >= 15 is 0 Å². The standard InChI is InChI=1S/C27H28N4O3/c1-18-13-22(19(2)31(18)25-9-11-26(34-5)12-10-25)15-23(16-28)27(33)29-24-8-6-7-21(14-24)17-30(4)20(3)32/h6-15H,17H2,1-5H3,(H,29,33)/b23-15+. The lowest BCUT2D eigenvalue weighted by molar-refractivity contribution is -0.128. The highest BCUT2D eigenvalue weighted by Gasteiger charge is 2.14. The molecule has 0 aliphatic carbocycles. The number of carbonyl (C=O) groups is 2. The molecular weight excluding hydrogens is 428 g/mol. The van der Waals surface area contributed by atoms with E-state index < -0.39 is 5.91 Å². The number of methoxy groups -OCH3 is 1. The molecular formula is C27H28N4O3. The molecule has 7 heteroatoms. The molecule has 3 rings (SSSR count). The van der Waals surface area contributed by atoms with Gasteiger partial charge in [0.05, 0.1) is 7.11 Å². The Balaban J connectivity index is 1.83. The van der Waals surface area contributed by atoms with Gasteiger partial charge in [-0.25, -0.2) is 0 Å². The fourth-order valence-electron chi connectivity index (χ4n) is 3.70. The molecule has 0 saturated carbocycles. The first-order valence-corrected chi connectivity index (χ1v) is 10.8. The van der Waals surface area contributed by atoms with Crippen LogP contribution in [-0.2, 0) is 16.1 Å². The fraction of sp³-hybridized carbons (Fsp3) is 0.222. The molecule has 0 radical (unpaired) electrons. The van der Waals surface area contributed by atoms with Crippen molar-refractivity contribution in [3.05, 3.63) is 82.7 Å². The van der Waals surface area contributed by atoms with E-state index in [-0.39, 0.29) is 11.5 Å². The van der Waals surface area contributed by atoms with Crippen molar-refractivity contribution in [1.29, 1.82) is 5.26 Å². The number of amides is 2. The van der Waals surface area contributed by atoms with Crippen LogP contribution in [0.5, 0.6) is 5.75 Å². The maximum absolute atomic E-state index is 12.8. The van der Waals surface area contributed by atoms with Gasteiger partial charge < -0.3 is 19.5 Å². The zero-order valence-electron chi connectivity index (χ0n) is 20.0. The first kappa shape index (κ1) is 24.3. The van der Waals surface area contributed by atoms with Crippen molar-refractivity contribution >= 4 is 23.6 Å². The van der Waals surface area contributed by atoms with Crippen LogP contribution in [0.15, 0.2) is 60.2 Å². The molecule has 1 heterocycles. The van der Waals surface area contributed by atoms with Crippen LogP contribution < -0.4 is 10.1 Å². The van der Waals surface area contributed by atoms with Gasteiger partial charge in [-0.3, -0.25) is 9.59 Å². The molecule has 2 aromatic carbocycles. The summed E-state index contributed by atoms with van der Waals surface area (Å²) in [5.41, 5.74) is 5.08. The third kappa shape index (κ3) is 5.54. The molecule has 0 bridgehead atoms. The molecule has 3 aromatic rings. The minimum atomic E-state index is -0.492.